The molecule has 5 heteroatoms. The highest BCUT2D eigenvalue weighted by molar-refractivity contribution is 6.24. The molecule has 2 aromatic carbocycles. The summed E-state index contributed by atoms with van der Waals surface area (Å²) >= 11 is 0. The third kappa shape index (κ3) is 2.35. The topological polar surface area (TPSA) is 57.7 Å². The molecule has 0 unspecified atom stereocenters. The predicted molar refractivity (Wildman–Crippen MR) is 104 cm³/mol. The van der Waals surface area contributed by atoms with Gasteiger partial charge in [0.05, 0.1) is 29.5 Å². The van der Waals surface area contributed by atoms with Gasteiger partial charge in [0.2, 0.25) is 17.7 Å². The maximum absolute atomic E-state index is 13.1. The fourth-order valence-electron chi connectivity index (χ4n) is 4.76. The van der Waals surface area contributed by atoms with Gasteiger partial charge in [-0.25, -0.2) is 4.90 Å². The zero-order valence-corrected chi connectivity index (χ0v) is 15.5. The summed E-state index contributed by atoms with van der Waals surface area (Å²) in [7, 11) is 1.71. The molecule has 0 spiro atoms. The van der Waals surface area contributed by atoms with Crippen molar-refractivity contribution in [2.75, 3.05) is 11.9 Å². The number of imide groups is 1. The number of piperidine rings is 1. The molecule has 3 amide bonds. The fraction of sp³-hybridized carbons (Fsp3) is 0.261. The molecule has 2 aromatic rings. The van der Waals surface area contributed by atoms with Crippen LogP contribution < -0.4 is 4.90 Å². The van der Waals surface area contributed by atoms with E-state index in [4.69, 9.17) is 0 Å². The molecular weight excluding hydrogens is 352 g/mol. The van der Waals surface area contributed by atoms with Crippen LogP contribution in [0.1, 0.15) is 11.1 Å². The summed E-state index contributed by atoms with van der Waals surface area (Å²) in [6.45, 7) is 0. The Bertz CT molecular complexity index is 996. The van der Waals surface area contributed by atoms with Gasteiger partial charge in [-0.1, -0.05) is 54.6 Å². The van der Waals surface area contributed by atoms with E-state index in [-0.39, 0.29) is 23.8 Å². The SMILES string of the molecule is CN1C(=O)[C@@H]2C=C[C@@H]1[C@H]1C(=O)N(c3ccc(Cc4ccccc4)cc3)C(=O)[C@H]12. The van der Waals surface area contributed by atoms with E-state index in [9.17, 15) is 14.4 Å². The number of rotatable bonds is 3. The summed E-state index contributed by atoms with van der Waals surface area (Å²) < 4.78 is 0. The van der Waals surface area contributed by atoms with Crippen LogP contribution in [-0.4, -0.2) is 35.7 Å². The van der Waals surface area contributed by atoms with Crippen LogP contribution in [0.25, 0.3) is 0 Å². The largest absolute Gasteiger partial charge is 0.338 e. The summed E-state index contributed by atoms with van der Waals surface area (Å²) in [5.41, 5.74) is 2.90. The van der Waals surface area contributed by atoms with Gasteiger partial charge in [-0.15, -0.1) is 0 Å². The molecule has 0 N–H and O–H groups in total. The van der Waals surface area contributed by atoms with Crippen LogP contribution in [0.5, 0.6) is 0 Å². The van der Waals surface area contributed by atoms with Crippen LogP contribution in [0.3, 0.4) is 0 Å². The van der Waals surface area contributed by atoms with Crippen LogP contribution in [0.15, 0.2) is 66.7 Å². The van der Waals surface area contributed by atoms with Gasteiger partial charge in [0.1, 0.15) is 0 Å². The number of nitrogens with zero attached hydrogens (tertiary/aromatic N) is 2. The van der Waals surface area contributed by atoms with Gasteiger partial charge in [0.25, 0.3) is 0 Å². The highest BCUT2D eigenvalue weighted by Gasteiger charge is 2.61. The minimum Gasteiger partial charge on any atom is -0.338 e. The number of hydrogen-bond acceptors (Lipinski definition) is 3. The summed E-state index contributed by atoms with van der Waals surface area (Å²) in [6, 6.07) is 17.4. The lowest BCUT2D eigenvalue weighted by atomic mass is 9.70. The van der Waals surface area contributed by atoms with E-state index in [2.05, 4.69) is 12.1 Å². The molecule has 4 atom stereocenters. The van der Waals surface area contributed by atoms with Gasteiger partial charge in [0.15, 0.2) is 0 Å². The van der Waals surface area contributed by atoms with E-state index in [1.807, 2.05) is 48.5 Å². The molecule has 2 saturated heterocycles. The Balaban J connectivity index is 1.42. The number of carbonyl (C=O) groups is 3. The van der Waals surface area contributed by atoms with Crippen LogP contribution in [0, 0.1) is 17.8 Å². The van der Waals surface area contributed by atoms with Crippen molar-refractivity contribution < 1.29 is 14.4 Å². The molecule has 140 valence electrons. The van der Waals surface area contributed by atoms with E-state index >= 15 is 0 Å². The average Bonchev–Trinajstić information content (AvgIpc) is 2.99. The second-order valence-corrected chi connectivity index (χ2v) is 7.74. The molecule has 5 nitrogen and oxygen atoms in total. The number of hydrogen-bond donors (Lipinski definition) is 0. The summed E-state index contributed by atoms with van der Waals surface area (Å²) in [5, 5.41) is 0. The molecular formula is C23H20N2O3. The lowest BCUT2D eigenvalue weighted by molar-refractivity contribution is -0.148. The van der Waals surface area contributed by atoms with Gasteiger partial charge in [-0.3, -0.25) is 14.4 Å². The lowest BCUT2D eigenvalue weighted by Crippen LogP contribution is -2.57. The standard InChI is InChI=1S/C23H20N2O3/c1-24-18-12-11-17(21(24)26)19-20(18)23(28)25(22(19)27)16-9-7-15(8-10-16)13-14-5-3-2-4-6-14/h2-12,17-20H,13H2,1H3/t17-,18-,19+,20-/m1/s1. The van der Waals surface area contributed by atoms with E-state index in [1.54, 1.807) is 18.0 Å². The van der Waals surface area contributed by atoms with Gasteiger partial charge >= 0.3 is 0 Å². The Morgan fingerprint density at radius 2 is 1.39 bits per heavy atom. The summed E-state index contributed by atoms with van der Waals surface area (Å²) in [6.07, 6.45) is 4.48. The molecule has 2 fully saturated rings. The molecule has 2 bridgehead atoms. The number of benzene rings is 2. The average molecular weight is 372 g/mol. The number of carbonyl (C=O) groups excluding carboxylic acids is 3. The van der Waals surface area contributed by atoms with Crippen molar-refractivity contribution >= 4 is 23.4 Å². The van der Waals surface area contributed by atoms with Gasteiger partial charge in [-0.2, -0.15) is 0 Å². The molecule has 3 aliphatic heterocycles. The highest BCUT2D eigenvalue weighted by Crippen LogP contribution is 2.46. The number of likely N-dealkylation sites (N-methyl/N-ethyl adjacent to an activating group) is 1. The predicted octanol–water partition coefficient (Wildman–Crippen LogP) is 2.41. The number of anilines is 1. The van der Waals surface area contributed by atoms with E-state index in [0.29, 0.717) is 5.69 Å². The highest BCUT2D eigenvalue weighted by atomic mass is 16.2. The molecule has 28 heavy (non-hydrogen) atoms. The Morgan fingerprint density at radius 1 is 0.750 bits per heavy atom. The molecule has 0 saturated carbocycles. The minimum absolute atomic E-state index is 0.0741. The molecule has 1 aliphatic carbocycles. The van der Waals surface area contributed by atoms with E-state index in [1.165, 1.54) is 10.5 Å². The third-order valence-electron chi connectivity index (χ3n) is 6.19. The van der Waals surface area contributed by atoms with Crippen LogP contribution in [-0.2, 0) is 20.8 Å². The second kappa shape index (κ2) is 6.16. The van der Waals surface area contributed by atoms with Gasteiger partial charge < -0.3 is 4.90 Å². The van der Waals surface area contributed by atoms with Crippen molar-refractivity contribution in [3.63, 3.8) is 0 Å². The first kappa shape index (κ1) is 16.9. The normalized spacial score (nSPS) is 28.2. The molecule has 3 heterocycles. The Kier molecular flexibility index (Phi) is 3.72. The maximum Gasteiger partial charge on any atom is 0.240 e. The minimum atomic E-state index is -0.574. The first-order valence-electron chi connectivity index (χ1n) is 9.52. The van der Waals surface area contributed by atoms with Crippen molar-refractivity contribution in [3.05, 3.63) is 77.9 Å². The monoisotopic (exact) mass is 372 g/mol. The van der Waals surface area contributed by atoms with Crippen LogP contribution in [0.4, 0.5) is 5.69 Å². The van der Waals surface area contributed by atoms with Gasteiger partial charge in [0, 0.05) is 7.05 Å². The first-order valence-corrected chi connectivity index (χ1v) is 9.52. The molecule has 4 aliphatic rings. The lowest BCUT2D eigenvalue weighted by Gasteiger charge is -2.44. The second-order valence-electron chi connectivity index (χ2n) is 7.74. The molecule has 6 rings (SSSR count). The van der Waals surface area contributed by atoms with Gasteiger partial charge in [-0.05, 0) is 29.7 Å². The molecule has 0 radical (unpaired) electrons. The van der Waals surface area contributed by atoms with Crippen molar-refractivity contribution in [2.24, 2.45) is 17.8 Å². The van der Waals surface area contributed by atoms with E-state index < -0.39 is 17.8 Å². The summed E-state index contributed by atoms with van der Waals surface area (Å²) in [5.74, 6) is -2.12. The molecule has 0 aromatic heterocycles. The smallest absolute Gasteiger partial charge is 0.240 e. The quantitative estimate of drug-likeness (QED) is 0.614. The fourth-order valence-corrected chi connectivity index (χ4v) is 4.76. The van der Waals surface area contributed by atoms with E-state index in [0.717, 1.165) is 12.0 Å². The maximum atomic E-state index is 13.1. The number of fused-ring (bicyclic) bond motifs is 1. The first-order chi connectivity index (χ1) is 13.6. The summed E-state index contributed by atoms with van der Waals surface area (Å²) in [4.78, 5) is 41.5. The zero-order chi connectivity index (χ0) is 19.4. The van der Waals surface area contributed by atoms with Crippen LogP contribution in [0.2, 0.25) is 0 Å². The van der Waals surface area contributed by atoms with Crippen molar-refractivity contribution in [3.8, 4) is 0 Å². The Morgan fingerprint density at radius 3 is 2.11 bits per heavy atom. The van der Waals surface area contributed by atoms with Crippen molar-refractivity contribution in [1.29, 1.82) is 0 Å². The zero-order valence-electron chi connectivity index (χ0n) is 15.5. The third-order valence-corrected chi connectivity index (χ3v) is 6.19. The van der Waals surface area contributed by atoms with Crippen LogP contribution >= 0.6 is 0 Å². The van der Waals surface area contributed by atoms with Crippen molar-refractivity contribution in [2.45, 2.75) is 12.5 Å². The Hall–Kier alpha value is -3.21. The van der Waals surface area contributed by atoms with Crippen molar-refractivity contribution in [1.82, 2.24) is 4.90 Å². The number of amides is 3. The Labute approximate surface area is 163 Å².